The third-order valence-corrected chi connectivity index (χ3v) is 3.01. The van der Waals surface area contributed by atoms with Crippen LogP contribution in [0.3, 0.4) is 0 Å². The molecule has 0 spiro atoms. The molecule has 1 heterocycles. The quantitative estimate of drug-likeness (QED) is 0.754. The van der Waals surface area contributed by atoms with E-state index in [1.54, 1.807) is 13.8 Å². The van der Waals surface area contributed by atoms with Gasteiger partial charge < -0.3 is 15.4 Å². The number of amides is 1. The van der Waals surface area contributed by atoms with Crippen molar-refractivity contribution >= 4 is 18.3 Å². The third-order valence-electron chi connectivity index (χ3n) is 3.01. The van der Waals surface area contributed by atoms with Crippen LogP contribution < -0.4 is 10.6 Å². The van der Waals surface area contributed by atoms with E-state index in [9.17, 15) is 18.0 Å². The van der Waals surface area contributed by atoms with Crippen LogP contribution in [0.2, 0.25) is 0 Å². The standard InChI is InChI=1S/C12H22F3N3O2.ClH/c1-9(2)20-8-11(19)17-7-10(12(13,14)15)18-5-3-16-4-6-18;/h9-10,16H,3-8H2,1-2H3,(H,17,19);1H. The van der Waals surface area contributed by atoms with E-state index in [0.29, 0.717) is 26.2 Å². The first-order valence-electron chi connectivity index (χ1n) is 6.70. The number of hydrogen-bond donors (Lipinski definition) is 2. The van der Waals surface area contributed by atoms with E-state index < -0.39 is 24.7 Å². The normalized spacial score (nSPS) is 18.2. The number of nitrogens with zero attached hydrogens (tertiary/aromatic N) is 1. The van der Waals surface area contributed by atoms with Gasteiger partial charge in [0, 0.05) is 32.7 Å². The van der Waals surface area contributed by atoms with Crippen molar-refractivity contribution in [3.8, 4) is 0 Å². The zero-order valence-corrected chi connectivity index (χ0v) is 13.0. The SMILES string of the molecule is CC(C)OCC(=O)NCC(N1CCNCC1)C(F)(F)F.Cl. The van der Waals surface area contributed by atoms with Crippen molar-refractivity contribution in [1.82, 2.24) is 15.5 Å². The van der Waals surface area contributed by atoms with E-state index in [1.165, 1.54) is 4.90 Å². The monoisotopic (exact) mass is 333 g/mol. The summed E-state index contributed by atoms with van der Waals surface area (Å²) in [7, 11) is 0. The van der Waals surface area contributed by atoms with Crippen LogP contribution in [0.4, 0.5) is 13.2 Å². The molecular formula is C12H23ClF3N3O2. The number of carbonyl (C=O) groups is 1. The second kappa shape index (κ2) is 9.45. The molecule has 1 atom stereocenters. The van der Waals surface area contributed by atoms with Gasteiger partial charge in [0.2, 0.25) is 5.91 Å². The zero-order chi connectivity index (χ0) is 15.2. The minimum absolute atomic E-state index is 0. The highest BCUT2D eigenvalue weighted by molar-refractivity contribution is 5.85. The van der Waals surface area contributed by atoms with Gasteiger partial charge in [0.25, 0.3) is 0 Å². The Balaban J connectivity index is 0.00000400. The number of hydrogen-bond acceptors (Lipinski definition) is 4. The lowest BCUT2D eigenvalue weighted by Gasteiger charge is -2.35. The van der Waals surface area contributed by atoms with Crippen LogP contribution in [-0.2, 0) is 9.53 Å². The summed E-state index contributed by atoms with van der Waals surface area (Å²) in [4.78, 5) is 12.8. The Morgan fingerprint density at radius 1 is 1.33 bits per heavy atom. The number of piperazine rings is 1. The molecule has 0 aromatic heterocycles. The van der Waals surface area contributed by atoms with Gasteiger partial charge in [0.1, 0.15) is 12.6 Å². The fraction of sp³-hybridized carbons (Fsp3) is 0.917. The molecular weight excluding hydrogens is 311 g/mol. The van der Waals surface area contributed by atoms with Crippen LogP contribution in [0.25, 0.3) is 0 Å². The molecule has 0 bridgehead atoms. The van der Waals surface area contributed by atoms with Gasteiger partial charge in [-0.05, 0) is 13.8 Å². The lowest BCUT2D eigenvalue weighted by atomic mass is 10.2. The van der Waals surface area contributed by atoms with Crippen LogP contribution in [0.1, 0.15) is 13.8 Å². The van der Waals surface area contributed by atoms with Crippen molar-refractivity contribution in [2.24, 2.45) is 0 Å². The summed E-state index contributed by atoms with van der Waals surface area (Å²) >= 11 is 0. The van der Waals surface area contributed by atoms with Crippen molar-refractivity contribution in [3.05, 3.63) is 0 Å². The summed E-state index contributed by atoms with van der Waals surface area (Å²) in [5, 5.41) is 5.30. The van der Waals surface area contributed by atoms with Gasteiger partial charge in [0.15, 0.2) is 0 Å². The second-order valence-corrected chi connectivity index (χ2v) is 5.01. The van der Waals surface area contributed by atoms with Crippen LogP contribution in [0, 0.1) is 0 Å². The fourth-order valence-corrected chi connectivity index (χ4v) is 1.95. The van der Waals surface area contributed by atoms with Gasteiger partial charge in [-0.25, -0.2) is 0 Å². The maximum absolute atomic E-state index is 13.0. The molecule has 0 aliphatic carbocycles. The highest BCUT2D eigenvalue weighted by Gasteiger charge is 2.43. The average Bonchev–Trinajstić information content (AvgIpc) is 2.36. The topological polar surface area (TPSA) is 53.6 Å². The van der Waals surface area contributed by atoms with E-state index in [1.807, 2.05) is 0 Å². The number of carbonyl (C=O) groups excluding carboxylic acids is 1. The first-order chi connectivity index (χ1) is 9.30. The molecule has 1 fully saturated rings. The fourth-order valence-electron chi connectivity index (χ4n) is 1.95. The maximum Gasteiger partial charge on any atom is 0.405 e. The lowest BCUT2D eigenvalue weighted by Crippen LogP contribution is -2.57. The molecule has 5 nitrogen and oxygen atoms in total. The van der Waals surface area contributed by atoms with Gasteiger partial charge in [0.05, 0.1) is 6.10 Å². The van der Waals surface area contributed by atoms with E-state index in [0.717, 1.165) is 0 Å². The summed E-state index contributed by atoms with van der Waals surface area (Å²) in [5.41, 5.74) is 0. The molecule has 1 saturated heterocycles. The molecule has 0 aromatic rings. The Morgan fingerprint density at radius 3 is 2.38 bits per heavy atom. The van der Waals surface area contributed by atoms with Crippen LogP contribution in [-0.4, -0.2) is 68.5 Å². The Kier molecular flexibility index (Phi) is 9.19. The van der Waals surface area contributed by atoms with Gasteiger partial charge in [-0.2, -0.15) is 13.2 Å². The molecule has 126 valence electrons. The number of rotatable bonds is 6. The van der Waals surface area contributed by atoms with E-state index in [2.05, 4.69) is 10.6 Å². The van der Waals surface area contributed by atoms with Gasteiger partial charge in [-0.1, -0.05) is 0 Å². The number of ether oxygens (including phenoxy) is 1. The molecule has 1 amide bonds. The Morgan fingerprint density at radius 2 is 1.90 bits per heavy atom. The number of alkyl halides is 3. The van der Waals surface area contributed by atoms with E-state index in [4.69, 9.17) is 4.74 Å². The molecule has 1 aliphatic rings. The van der Waals surface area contributed by atoms with Gasteiger partial charge in [-0.15, -0.1) is 12.4 Å². The van der Waals surface area contributed by atoms with Crippen molar-refractivity contribution < 1.29 is 22.7 Å². The Labute approximate surface area is 129 Å². The summed E-state index contributed by atoms with van der Waals surface area (Å²) < 4.78 is 44.1. The molecule has 0 saturated carbocycles. The zero-order valence-electron chi connectivity index (χ0n) is 12.2. The Bertz CT molecular complexity index is 311. The van der Waals surface area contributed by atoms with Gasteiger partial charge >= 0.3 is 6.18 Å². The first kappa shape index (κ1) is 20.4. The number of nitrogens with one attached hydrogen (secondary N) is 2. The van der Waals surface area contributed by atoms with Crippen molar-refractivity contribution in [3.63, 3.8) is 0 Å². The summed E-state index contributed by atoms with van der Waals surface area (Å²) in [6.45, 7) is 4.55. The molecule has 9 heteroatoms. The molecule has 0 aromatic carbocycles. The van der Waals surface area contributed by atoms with Crippen molar-refractivity contribution in [1.29, 1.82) is 0 Å². The first-order valence-corrected chi connectivity index (χ1v) is 6.70. The number of halogens is 4. The van der Waals surface area contributed by atoms with Crippen LogP contribution >= 0.6 is 12.4 Å². The minimum Gasteiger partial charge on any atom is -0.369 e. The molecule has 1 unspecified atom stereocenters. The maximum atomic E-state index is 13.0. The van der Waals surface area contributed by atoms with Crippen LogP contribution in [0.5, 0.6) is 0 Å². The molecule has 21 heavy (non-hydrogen) atoms. The predicted molar refractivity (Wildman–Crippen MR) is 75.6 cm³/mol. The van der Waals surface area contributed by atoms with Gasteiger partial charge in [-0.3, -0.25) is 9.69 Å². The Hall–Kier alpha value is -0.570. The smallest absolute Gasteiger partial charge is 0.369 e. The van der Waals surface area contributed by atoms with E-state index in [-0.39, 0.29) is 25.1 Å². The second-order valence-electron chi connectivity index (χ2n) is 5.01. The van der Waals surface area contributed by atoms with Crippen molar-refractivity contribution in [2.45, 2.75) is 32.2 Å². The summed E-state index contributed by atoms with van der Waals surface area (Å²) in [6.07, 6.45) is -4.49. The average molecular weight is 334 g/mol. The minimum atomic E-state index is -4.36. The largest absolute Gasteiger partial charge is 0.405 e. The highest BCUT2D eigenvalue weighted by Crippen LogP contribution is 2.24. The predicted octanol–water partition coefficient (Wildman–Crippen LogP) is 0.785. The van der Waals surface area contributed by atoms with Crippen LogP contribution in [0.15, 0.2) is 0 Å². The third kappa shape index (κ3) is 7.85. The van der Waals surface area contributed by atoms with Crippen molar-refractivity contribution in [2.75, 3.05) is 39.3 Å². The highest BCUT2D eigenvalue weighted by atomic mass is 35.5. The summed E-state index contributed by atoms with van der Waals surface area (Å²) in [6, 6.07) is -1.65. The summed E-state index contributed by atoms with van der Waals surface area (Å²) in [5.74, 6) is -0.525. The molecule has 0 radical (unpaired) electrons. The molecule has 1 rings (SSSR count). The lowest BCUT2D eigenvalue weighted by molar-refractivity contribution is -0.184. The molecule has 1 aliphatic heterocycles. The molecule has 2 N–H and O–H groups in total. The van der Waals surface area contributed by atoms with E-state index >= 15 is 0 Å².